The van der Waals surface area contributed by atoms with Crippen LogP contribution in [0.4, 0.5) is 11.4 Å². The molecule has 1 N–H and O–H groups in total. The van der Waals surface area contributed by atoms with Crippen LogP contribution in [-0.2, 0) is 4.79 Å². The zero-order chi connectivity index (χ0) is 21.5. The van der Waals surface area contributed by atoms with Crippen LogP contribution in [0.5, 0.6) is 5.75 Å². The second-order valence-corrected chi connectivity index (χ2v) is 9.13. The van der Waals surface area contributed by atoms with E-state index in [1.807, 2.05) is 60.5 Å². The number of aliphatic imine (C=N–C) groups is 1. The zero-order valence-electron chi connectivity index (χ0n) is 16.8. The van der Waals surface area contributed by atoms with Gasteiger partial charge in [-0.05, 0) is 35.3 Å². The Kier molecular flexibility index (Phi) is 5.00. The van der Waals surface area contributed by atoms with Crippen molar-refractivity contribution in [2.75, 3.05) is 18.5 Å². The molecule has 0 saturated carbocycles. The highest BCUT2D eigenvalue weighted by atomic mass is 32.2. The molecule has 3 aromatic carbocycles. The summed E-state index contributed by atoms with van der Waals surface area (Å²) in [5.74, 6) is -0.0239. The molecule has 7 heteroatoms. The fourth-order valence-corrected chi connectivity index (χ4v) is 6.00. The number of para-hydroxylation sites is 1. The second-order valence-electron chi connectivity index (χ2n) is 7.12. The largest absolute Gasteiger partial charge is 0.506 e. The van der Waals surface area contributed by atoms with Crippen LogP contribution in [0.3, 0.4) is 0 Å². The molecule has 31 heavy (non-hydrogen) atoms. The zero-order valence-corrected chi connectivity index (χ0v) is 18.4. The Labute approximate surface area is 188 Å². The molecule has 0 bridgehead atoms. The highest BCUT2D eigenvalue weighted by Gasteiger charge is 2.38. The van der Waals surface area contributed by atoms with E-state index < -0.39 is 0 Å². The number of amidine groups is 1. The molecule has 1 fully saturated rings. The topological polar surface area (TPSA) is 56.1 Å². The Morgan fingerprint density at radius 2 is 1.84 bits per heavy atom. The van der Waals surface area contributed by atoms with Crippen LogP contribution >= 0.6 is 23.5 Å². The molecule has 0 aliphatic carbocycles. The maximum Gasteiger partial charge on any atom is 0.269 e. The van der Waals surface area contributed by atoms with E-state index in [0.717, 1.165) is 26.4 Å². The van der Waals surface area contributed by atoms with Crippen molar-refractivity contribution >= 4 is 56.7 Å². The van der Waals surface area contributed by atoms with Crippen LogP contribution < -0.4 is 4.90 Å². The van der Waals surface area contributed by atoms with Gasteiger partial charge in [-0.3, -0.25) is 9.69 Å². The van der Waals surface area contributed by atoms with E-state index in [9.17, 15) is 9.90 Å². The monoisotopic (exact) mass is 445 g/mol. The van der Waals surface area contributed by atoms with Crippen LogP contribution in [0.25, 0.3) is 10.8 Å². The molecule has 0 atom stereocenters. The fraction of sp³-hybridized carbons (Fsp3) is 0.0833. The van der Waals surface area contributed by atoms with E-state index in [-0.39, 0.29) is 11.7 Å². The number of phenols is 1. The molecule has 0 spiro atoms. The summed E-state index contributed by atoms with van der Waals surface area (Å²) in [5, 5.41) is 13.8. The molecule has 2 aliphatic heterocycles. The second kappa shape index (κ2) is 7.83. The quantitative estimate of drug-likeness (QED) is 0.414. The van der Waals surface area contributed by atoms with Gasteiger partial charge in [0.1, 0.15) is 16.3 Å². The van der Waals surface area contributed by atoms with Gasteiger partial charge in [0, 0.05) is 23.9 Å². The molecule has 0 unspecified atom stereocenters. The normalized spacial score (nSPS) is 19.5. The van der Waals surface area contributed by atoms with E-state index in [2.05, 4.69) is 12.6 Å². The third-order valence-corrected chi connectivity index (χ3v) is 7.63. The van der Waals surface area contributed by atoms with E-state index >= 15 is 0 Å². The van der Waals surface area contributed by atoms with Crippen LogP contribution in [0, 0.1) is 0 Å². The number of anilines is 1. The number of benzene rings is 3. The summed E-state index contributed by atoms with van der Waals surface area (Å²) in [4.78, 5) is 23.5. The van der Waals surface area contributed by atoms with Gasteiger partial charge in [-0.2, -0.15) is 0 Å². The molecule has 5 nitrogen and oxygen atoms in total. The van der Waals surface area contributed by atoms with Gasteiger partial charge in [0.15, 0.2) is 5.17 Å². The lowest BCUT2D eigenvalue weighted by Crippen LogP contribution is -2.29. The van der Waals surface area contributed by atoms with Crippen molar-refractivity contribution in [2.24, 2.45) is 4.99 Å². The van der Waals surface area contributed by atoms with Crippen LogP contribution in [0.15, 0.2) is 93.1 Å². The van der Waals surface area contributed by atoms with Crippen LogP contribution in [0.1, 0.15) is 0 Å². The molecular formula is C24H19N3O2S2. The molecule has 5 rings (SSSR count). The molecule has 1 saturated heterocycles. The number of nitrogens with zero attached hydrogens (tertiary/aromatic N) is 3. The molecule has 0 aromatic heterocycles. The van der Waals surface area contributed by atoms with Gasteiger partial charge in [-0.1, -0.05) is 60.3 Å². The Hall–Kier alpha value is -3.16. The lowest BCUT2D eigenvalue weighted by molar-refractivity contribution is -0.121. The predicted octanol–water partition coefficient (Wildman–Crippen LogP) is 5.71. The summed E-state index contributed by atoms with van der Waals surface area (Å²) < 4.78 is 0. The molecule has 2 aliphatic rings. The first-order chi connectivity index (χ1) is 15.1. The average Bonchev–Trinajstić information content (AvgIpc) is 3.28. The number of aromatic hydroxyl groups is 1. The number of thioether (sulfide) groups is 2. The van der Waals surface area contributed by atoms with Gasteiger partial charge >= 0.3 is 0 Å². The minimum atomic E-state index is -0.106. The van der Waals surface area contributed by atoms with Crippen molar-refractivity contribution in [3.8, 4) is 5.75 Å². The average molecular weight is 446 g/mol. The number of carbonyl (C=O) groups excluding carboxylic acids is 1. The van der Waals surface area contributed by atoms with Gasteiger partial charge in [-0.25, -0.2) is 4.99 Å². The highest BCUT2D eigenvalue weighted by Crippen LogP contribution is 2.50. The number of hydrogen-bond donors (Lipinski definition) is 1. The van der Waals surface area contributed by atoms with Crippen molar-refractivity contribution in [2.45, 2.75) is 4.90 Å². The van der Waals surface area contributed by atoms with Gasteiger partial charge in [0.2, 0.25) is 0 Å². The Morgan fingerprint density at radius 3 is 2.65 bits per heavy atom. The summed E-state index contributed by atoms with van der Waals surface area (Å²) in [6.07, 6.45) is 1.69. The van der Waals surface area contributed by atoms with Crippen LogP contribution in [0.2, 0.25) is 0 Å². The van der Waals surface area contributed by atoms with Crippen molar-refractivity contribution in [1.29, 1.82) is 0 Å². The van der Waals surface area contributed by atoms with Crippen LogP contribution in [-0.4, -0.2) is 34.7 Å². The lowest BCUT2D eigenvalue weighted by atomic mass is 10.1. The molecule has 3 aromatic rings. The highest BCUT2D eigenvalue weighted by molar-refractivity contribution is 8.19. The van der Waals surface area contributed by atoms with Gasteiger partial charge in [-0.15, -0.1) is 6.58 Å². The molecule has 154 valence electrons. The van der Waals surface area contributed by atoms with E-state index in [1.165, 1.54) is 11.8 Å². The number of amides is 1. The maximum atomic E-state index is 13.3. The van der Waals surface area contributed by atoms with E-state index in [4.69, 9.17) is 4.99 Å². The number of carbonyl (C=O) groups is 1. The first-order valence-electron chi connectivity index (χ1n) is 9.73. The first-order valence-corrected chi connectivity index (χ1v) is 11.4. The summed E-state index contributed by atoms with van der Waals surface area (Å²) >= 11 is 2.92. The summed E-state index contributed by atoms with van der Waals surface area (Å²) in [6, 6.07) is 19.3. The number of fused-ring (bicyclic) bond motifs is 2. The van der Waals surface area contributed by atoms with Crippen molar-refractivity contribution < 1.29 is 9.90 Å². The van der Waals surface area contributed by atoms with E-state index in [1.54, 1.807) is 28.8 Å². The van der Waals surface area contributed by atoms with Gasteiger partial charge in [0.05, 0.1) is 10.7 Å². The number of phenolic OH excluding ortho intramolecular Hbond substituents is 1. The van der Waals surface area contributed by atoms with E-state index in [0.29, 0.717) is 22.3 Å². The first kappa shape index (κ1) is 19.8. The standard InChI is InChI=1S/C24H19N3O2S2/c1-3-14-27-22(29)21(23-26(2)17-10-6-7-11-19(17)30-23)31-24(27)25-20-16-9-5-4-8-15(16)12-13-18(20)28/h3-13,28H,1,14H2,2H3. The fourth-order valence-electron chi connectivity index (χ4n) is 3.67. The van der Waals surface area contributed by atoms with Gasteiger partial charge < -0.3 is 10.0 Å². The molecule has 0 radical (unpaired) electrons. The molecule has 2 heterocycles. The third kappa shape index (κ3) is 3.30. The minimum Gasteiger partial charge on any atom is -0.506 e. The summed E-state index contributed by atoms with van der Waals surface area (Å²) in [6.45, 7) is 4.14. The SMILES string of the molecule is C=CCN1C(=O)C(=C2Sc3ccccc3N2C)SC1=Nc1c(O)ccc2ccccc12. The Morgan fingerprint density at radius 1 is 1.06 bits per heavy atom. The minimum absolute atomic E-state index is 0.0821. The predicted molar refractivity (Wildman–Crippen MR) is 130 cm³/mol. The molecule has 1 amide bonds. The van der Waals surface area contributed by atoms with Crippen molar-refractivity contribution in [3.05, 3.63) is 83.3 Å². The lowest BCUT2D eigenvalue weighted by Gasteiger charge is -2.15. The molecular weight excluding hydrogens is 426 g/mol. The summed E-state index contributed by atoms with van der Waals surface area (Å²) in [7, 11) is 1.97. The third-order valence-electron chi connectivity index (χ3n) is 5.19. The Balaban J connectivity index is 1.62. The maximum absolute atomic E-state index is 13.3. The Bertz CT molecular complexity index is 1300. The summed E-state index contributed by atoms with van der Waals surface area (Å²) in [5.41, 5.74) is 1.54. The van der Waals surface area contributed by atoms with Crippen molar-refractivity contribution in [3.63, 3.8) is 0 Å². The number of rotatable bonds is 3. The smallest absolute Gasteiger partial charge is 0.269 e. The van der Waals surface area contributed by atoms with Crippen molar-refractivity contribution in [1.82, 2.24) is 4.90 Å². The number of hydrogen-bond acceptors (Lipinski definition) is 6. The van der Waals surface area contributed by atoms with Gasteiger partial charge in [0.25, 0.3) is 5.91 Å².